The molecule has 0 spiro atoms. The van der Waals surface area contributed by atoms with E-state index in [9.17, 15) is 4.79 Å². The van der Waals surface area contributed by atoms with Crippen molar-refractivity contribution in [3.8, 4) is 0 Å². The molecule has 0 aliphatic carbocycles. The molecule has 0 aromatic carbocycles. The van der Waals surface area contributed by atoms with Crippen LogP contribution in [0.5, 0.6) is 0 Å². The van der Waals surface area contributed by atoms with Gasteiger partial charge in [0.2, 0.25) is 5.91 Å². The number of hydrogen-bond acceptors (Lipinski definition) is 1. The molecule has 0 aromatic rings. The lowest BCUT2D eigenvalue weighted by Gasteiger charge is -2.08. The SMILES string of the molecule is CCC[C@@H](C)CCCCC(=O)NC. The number of unbranched alkanes of at least 4 members (excludes halogenated alkanes) is 1. The Bertz CT molecular complexity index is 134. The van der Waals surface area contributed by atoms with E-state index >= 15 is 0 Å². The van der Waals surface area contributed by atoms with Crippen molar-refractivity contribution < 1.29 is 4.79 Å². The van der Waals surface area contributed by atoms with E-state index in [0.29, 0.717) is 6.42 Å². The summed E-state index contributed by atoms with van der Waals surface area (Å²) in [5.74, 6) is 0.998. The van der Waals surface area contributed by atoms with Gasteiger partial charge in [-0.1, -0.05) is 39.5 Å². The normalized spacial score (nSPS) is 12.5. The largest absolute Gasteiger partial charge is 0.359 e. The van der Waals surface area contributed by atoms with Gasteiger partial charge in [-0.05, 0) is 12.3 Å². The Morgan fingerprint density at radius 1 is 1.31 bits per heavy atom. The van der Waals surface area contributed by atoms with Crippen LogP contribution in [0.1, 0.15) is 52.4 Å². The highest BCUT2D eigenvalue weighted by Crippen LogP contribution is 2.14. The van der Waals surface area contributed by atoms with Gasteiger partial charge in [0.25, 0.3) is 0 Å². The lowest BCUT2D eigenvalue weighted by Crippen LogP contribution is -2.16. The van der Waals surface area contributed by atoms with Gasteiger partial charge in [0.05, 0.1) is 0 Å². The Morgan fingerprint density at radius 3 is 2.54 bits per heavy atom. The predicted molar refractivity (Wildman–Crippen MR) is 56.6 cm³/mol. The Balaban J connectivity index is 3.20. The summed E-state index contributed by atoms with van der Waals surface area (Å²) < 4.78 is 0. The lowest BCUT2D eigenvalue weighted by atomic mass is 9.99. The summed E-state index contributed by atoms with van der Waals surface area (Å²) in [6.45, 7) is 4.52. The zero-order valence-electron chi connectivity index (χ0n) is 9.23. The third-order valence-corrected chi connectivity index (χ3v) is 2.41. The van der Waals surface area contributed by atoms with Crippen LogP contribution in [-0.4, -0.2) is 13.0 Å². The number of carbonyl (C=O) groups is 1. The molecule has 78 valence electrons. The molecule has 0 fully saturated rings. The van der Waals surface area contributed by atoms with Crippen LogP contribution in [0, 0.1) is 5.92 Å². The molecule has 0 radical (unpaired) electrons. The predicted octanol–water partition coefficient (Wildman–Crippen LogP) is 2.73. The fourth-order valence-corrected chi connectivity index (χ4v) is 1.54. The monoisotopic (exact) mass is 185 g/mol. The van der Waals surface area contributed by atoms with Crippen LogP contribution in [0.3, 0.4) is 0 Å². The van der Waals surface area contributed by atoms with E-state index in [1.807, 2.05) is 0 Å². The molecule has 0 unspecified atom stereocenters. The number of amides is 1. The third kappa shape index (κ3) is 7.82. The summed E-state index contributed by atoms with van der Waals surface area (Å²) in [5, 5.41) is 2.64. The second-order valence-corrected chi connectivity index (χ2v) is 3.81. The van der Waals surface area contributed by atoms with Crippen molar-refractivity contribution in [3.63, 3.8) is 0 Å². The molecule has 0 aliphatic heterocycles. The van der Waals surface area contributed by atoms with Crippen molar-refractivity contribution in [1.29, 1.82) is 0 Å². The zero-order valence-corrected chi connectivity index (χ0v) is 9.23. The van der Waals surface area contributed by atoms with E-state index in [1.54, 1.807) is 7.05 Å². The highest BCUT2D eigenvalue weighted by molar-refractivity contribution is 5.75. The van der Waals surface area contributed by atoms with Gasteiger partial charge in [-0.3, -0.25) is 4.79 Å². The maximum Gasteiger partial charge on any atom is 0.219 e. The first kappa shape index (κ1) is 12.5. The minimum absolute atomic E-state index is 0.170. The molecular formula is C11H23NO. The van der Waals surface area contributed by atoms with Crippen molar-refractivity contribution in [1.82, 2.24) is 5.32 Å². The van der Waals surface area contributed by atoms with Crippen LogP contribution in [-0.2, 0) is 4.79 Å². The second kappa shape index (κ2) is 8.09. The number of hydrogen-bond donors (Lipinski definition) is 1. The fraction of sp³-hybridized carbons (Fsp3) is 0.909. The molecule has 2 nitrogen and oxygen atoms in total. The molecule has 0 saturated heterocycles. The van der Waals surface area contributed by atoms with E-state index in [1.165, 1.54) is 25.7 Å². The highest BCUT2D eigenvalue weighted by atomic mass is 16.1. The van der Waals surface area contributed by atoms with E-state index < -0.39 is 0 Å². The van der Waals surface area contributed by atoms with Crippen LogP contribution in [0.2, 0.25) is 0 Å². The quantitative estimate of drug-likeness (QED) is 0.607. The lowest BCUT2D eigenvalue weighted by molar-refractivity contribution is -0.120. The molecule has 0 heterocycles. The van der Waals surface area contributed by atoms with Gasteiger partial charge in [-0.15, -0.1) is 0 Å². The molecule has 1 amide bonds. The van der Waals surface area contributed by atoms with E-state index in [4.69, 9.17) is 0 Å². The van der Waals surface area contributed by atoms with Crippen molar-refractivity contribution in [2.45, 2.75) is 52.4 Å². The van der Waals surface area contributed by atoms with Gasteiger partial charge in [-0.2, -0.15) is 0 Å². The summed E-state index contributed by atoms with van der Waals surface area (Å²) in [6, 6.07) is 0. The molecule has 0 rings (SSSR count). The first-order valence-electron chi connectivity index (χ1n) is 5.41. The molecule has 1 N–H and O–H groups in total. The van der Waals surface area contributed by atoms with Gasteiger partial charge >= 0.3 is 0 Å². The highest BCUT2D eigenvalue weighted by Gasteiger charge is 2.01. The van der Waals surface area contributed by atoms with Crippen LogP contribution >= 0.6 is 0 Å². The number of rotatable bonds is 7. The smallest absolute Gasteiger partial charge is 0.219 e. The first-order valence-corrected chi connectivity index (χ1v) is 5.41. The maximum absolute atomic E-state index is 10.9. The Morgan fingerprint density at radius 2 is 2.00 bits per heavy atom. The molecule has 0 saturated carbocycles. The molecule has 13 heavy (non-hydrogen) atoms. The maximum atomic E-state index is 10.9. The summed E-state index contributed by atoms with van der Waals surface area (Å²) in [6.07, 6.45) is 6.78. The molecular weight excluding hydrogens is 162 g/mol. The van der Waals surface area contributed by atoms with Crippen LogP contribution in [0.4, 0.5) is 0 Å². The molecule has 0 bridgehead atoms. The molecule has 2 heteroatoms. The first-order chi connectivity index (χ1) is 6.20. The van der Waals surface area contributed by atoms with Gasteiger partial charge in [0.1, 0.15) is 0 Å². The Labute approximate surface area is 82.1 Å². The number of carbonyl (C=O) groups excluding carboxylic acids is 1. The average molecular weight is 185 g/mol. The van der Waals surface area contributed by atoms with E-state index in [0.717, 1.165) is 12.3 Å². The fourth-order valence-electron chi connectivity index (χ4n) is 1.54. The standard InChI is InChI=1S/C11H23NO/c1-4-7-10(2)8-5-6-9-11(13)12-3/h10H,4-9H2,1-3H3,(H,12,13)/t10-/m1/s1. The van der Waals surface area contributed by atoms with E-state index in [2.05, 4.69) is 19.2 Å². The Kier molecular flexibility index (Phi) is 7.76. The molecule has 0 aromatic heterocycles. The molecule has 0 aliphatic rings. The molecule has 1 atom stereocenters. The van der Waals surface area contributed by atoms with Crippen molar-refractivity contribution in [2.75, 3.05) is 7.05 Å². The van der Waals surface area contributed by atoms with Crippen molar-refractivity contribution in [2.24, 2.45) is 5.92 Å². The summed E-state index contributed by atoms with van der Waals surface area (Å²) in [4.78, 5) is 10.9. The van der Waals surface area contributed by atoms with Crippen molar-refractivity contribution in [3.05, 3.63) is 0 Å². The van der Waals surface area contributed by atoms with Gasteiger partial charge in [0.15, 0.2) is 0 Å². The van der Waals surface area contributed by atoms with E-state index in [-0.39, 0.29) is 5.91 Å². The van der Waals surface area contributed by atoms with Gasteiger partial charge < -0.3 is 5.32 Å². The van der Waals surface area contributed by atoms with Gasteiger partial charge in [0, 0.05) is 13.5 Å². The van der Waals surface area contributed by atoms with Crippen LogP contribution in [0.15, 0.2) is 0 Å². The topological polar surface area (TPSA) is 29.1 Å². The summed E-state index contributed by atoms with van der Waals surface area (Å²) in [5.41, 5.74) is 0. The summed E-state index contributed by atoms with van der Waals surface area (Å²) >= 11 is 0. The summed E-state index contributed by atoms with van der Waals surface area (Å²) in [7, 11) is 1.70. The van der Waals surface area contributed by atoms with Crippen LogP contribution < -0.4 is 5.32 Å². The average Bonchev–Trinajstić information content (AvgIpc) is 2.12. The Hall–Kier alpha value is -0.530. The number of nitrogens with one attached hydrogen (secondary N) is 1. The second-order valence-electron chi connectivity index (χ2n) is 3.81. The minimum atomic E-state index is 0.170. The van der Waals surface area contributed by atoms with Gasteiger partial charge in [-0.25, -0.2) is 0 Å². The van der Waals surface area contributed by atoms with Crippen molar-refractivity contribution >= 4 is 5.91 Å². The zero-order chi connectivity index (χ0) is 10.1. The third-order valence-electron chi connectivity index (χ3n) is 2.41. The minimum Gasteiger partial charge on any atom is -0.359 e. The van der Waals surface area contributed by atoms with Crippen LogP contribution in [0.25, 0.3) is 0 Å².